The number of carbonyl (C=O) groups excluding carboxylic acids is 1. The minimum Gasteiger partial charge on any atom is -0.454 e. The second kappa shape index (κ2) is 7.93. The molecule has 1 amide bonds. The molecule has 1 aromatic heterocycles. The Bertz CT molecular complexity index is 781. The van der Waals surface area contributed by atoms with Gasteiger partial charge in [-0.3, -0.25) is 4.79 Å². The van der Waals surface area contributed by atoms with Crippen LogP contribution in [0.4, 0.5) is 0 Å². The molecule has 0 atom stereocenters. The van der Waals surface area contributed by atoms with Crippen molar-refractivity contribution in [2.75, 3.05) is 20.0 Å². The van der Waals surface area contributed by atoms with Gasteiger partial charge in [-0.25, -0.2) is 0 Å². The zero-order chi connectivity index (χ0) is 17.8. The molecule has 26 heavy (non-hydrogen) atoms. The summed E-state index contributed by atoms with van der Waals surface area (Å²) >= 11 is 1.68. The molecule has 0 N–H and O–H groups in total. The predicted octanol–water partition coefficient (Wildman–Crippen LogP) is 3.70. The van der Waals surface area contributed by atoms with Gasteiger partial charge in [0.15, 0.2) is 11.5 Å². The lowest BCUT2D eigenvalue weighted by molar-refractivity contribution is -0.130. The summed E-state index contributed by atoms with van der Waals surface area (Å²) in [6, 6.07) is 10.0. The third-order valence-electron chi connectivity index (χ3n) is 4.64. The smallest absolute Gasteiger partial charge is 0.247 e. The number of hydrogen-bond acceptors (Lipinski definition) is 5. The number of nitrogens with zero attached hydrogens (tertiary/aromatic N) is 1. The van der Waals surface area contributed by atoms with Crippen LogP contribution in [0.15, 0.2) is 41.8 Å². The molecule has 2 aliphatic rings. The SMILES string of the molecule is O=C(/C=C/c1ccc2c(c1)OCO2)N(Cc1cccs1)C1CCOCC1. The lowest BCUT2D eigenvalue weighted by Crippen LogP contribution is -2.42. The molecule has 0 bridgehead atoms. The van der Waals surface area contributed by atoms with E-state index in [4.69, 9.17) is 14.2 Å². The Hall–Kier alpha value is -2.31. The molecule has 0 saturated carbocycles. The van der Waals surface area contributed by atoms with Crippen LogP contribution >= 0.6 is 11.3 Å². The fraction of sp³-hybridized carbons (Fsp3) is 0.350. The van der Waals surface area contributed by atoms with E-state index in [9.17, 15) is 4.79 Å². The van der Waals surface area contributed by atoms with Crippen LogP contribution in [0.1, 0.15) is 23.3 Å². The lowest BCUT2D eigenvalue weighted by atomic mass is 10.1. The van der Waals surface area contributed by atoms with Gasteiger partial charge in [0.05, 0.1) is 6.54 Å². The summed E-state index contributed by atoms with van der Waals surface area (Å²) in [5.74, 6) is 1.50. The molecule has 1 fully saturated rings. The molecular formula is C20H21NO4S. The van der Waals surface area contributed by atoms with E-state index in [1.807, 2.05) is 40.6 Å². The van der Waals surface area contributed by atoms with Crippen molar-refractivity contribution in [2.24, 2.45) is 0 Å². The highest BCUT2D eigenvalue weighted by atomic mass is 32.1. The Morgan fingerprint density at radius 2 is 2.04 bits per heavy atom. The standard InChI is InChI=1S/C20H21NO4S/c22-20(6-4-15-3-5-18-19(12-15)25-14-24-18)21(13-17-2-1-11-26-17)16-7-9-23-10-8-16/h1-6,11-12,16H,7-10,13-14H2/b6-4+. The highest BCUT2D eigenvalue weighted by molar-refractivity contribution is 7.09. The maximum Gasteiger partial charge on any atom is 0.247 e. The summed E-state index contributed by atoms with van der Waals surface area (Å²) in [5.41, 5.74) is 0.922. The quantitative estimate of drug-likeness (QED) is 0.752. The van der Waals surface area contributed by atoms with E-state index < -0.39 is 0 Å². The second-order valence-corrected chi connectivity index (χ2v) is 7.37. The molecule has 0 radical (unpaired) electrons. The van der Waals surface area contributed by atoms with Crippen molar-refractivity contribution in [1.82, 2.24) is 4.90 Å². The highest BCUT2D eigenvalue weighted by Crippen LogP contribution is 2.32. The maximum atomic E-state index is 12.9. The van der Waals surface area contributed by atoms with Crippen LogP contribution in [0.3, 0.4) is 0 Å². The molecule has 4 rings (SSSR count). The summed E-state index contributed by atoms with van der Waals surface area (Å²) in [7, 11) is 0. The largest absolute Gasteiger partial charge is 0.454 e. The molecule has 0 unspecified atom stereocenters. The zero-order valence-electron chi connectivity index (χ0n) is 14.4. The van der Waals surface area contributed by atoms with Gasteiger partial charge in [0, 0.05) is 30.2 Å². The average Bonchev–Trinajstić information content (AvgIpc) is 3.36. The van der Waals surface area contributed by atoms with Gasteiger partial charge in [-0.1, -0.05) is 12.1 Å². The fourth-order valence-corrected chi connectivity index (χ4v) is 3.94. The number of rotatable bonds is 5. The van der Waals surface area contributed by atoms with Gasteiger partial charge in [-0.2, -0.15) is 0 Å². The molecule has 0 aliphatic carbocycles. The normalized spacial score (nSPS) is 16.9. The van der Waals surface area contributed by atoms with Crippen LogP contribution in [0, 0.1) is 0 Å². The van der Waals surface area contributed by atoms with Crippen LogP contribution in [0.5, 0.6) is 11.5 Å². The van der Waals surface area contributed by atoms with Gasteiger partial charge in [0.25, 0.3) is 0 Å². The summed E-state index contributed by atoms with van der Waals surface area (Å²) in [6.45, 7) is 2.32. The Morgan fingerprint density at radius 3 is 2.85 bits per heavy atom. The highest BCUT2D eigenvalue weighted by Gasteiger charge is 2.25. The van der Waals surface area contributed by atoms with E-state index in [-0.39, 0.29) is 18.7 Å². The first kappa shape index (κ1) is 17.1. The Labute approximate surface area is 156 Å². The van der Waals surface area contributed by atoms with E-state index in [1.54, 1.807) is 17.4 Å². The molecule has 2 aliphatic heterocycles. The molecule has 2 aromatic rings. The van der Waals surface area contributed by atoms with Crippen LogP contribution in [-0.2, 0) is 16.1 Å². The fourth-order valence-electron chi connectivity index (χ4n) is 3.23. The van der Waals surface area contributed by atoms with Gasteiger partial charge < -0.3 is 19.1 Å². The molecular weight excluding hydrogens is 350 g/mol. The van der Waals surface area contributed by atoms with Gasteiger partial charge >= 0.3 is 0 Å². The minimum atomic E-state index is 0.0305. The first-order chi connectivity index (χ1) is 12.8. The van der Waals surface area contributed by atoms with Crippen LogP contribution < -0.4 is 9.47 Å². The van der Waals surface area contributed by atoms with Crippen molar-refractivity contribution in [3.8, 4) is 11.5 Å². The number of amides is 1. The van der Waals surface area contributed by atoms with Gasteiger partial charge in [0.2, 0.25) is 12.7 Å². The van der Waals surface area contributed by atoms with Gasteiger partial charge in [0.1, 0.15) is 0 Å². The van der Waals surface area contributed by atoms with E-state index in [2.05, 4.69) is 6.07 Å². The Morgan fingerprint density at radius 1 is 1.19 bits per heavy atom. The Balaban J connectivity index is 1.49. The molecule has 136 valence electrons. The van der Waals surface area contributed by atoms with Crippen LogP contribution in [0.25, 0.3) is 6.08 Å². The number of benzene rings is 1. The molecule has 5 nitrogen and oxygen atoms in total. The molecule has 6 heteroatoms. The zero-order valence-corrected chi connectivity index (χ0v) is 15.2. The number of thiophene rings is 1. The number of carbonyl (C=O) groups is 1. The van der Waals surface area contributed by atoms with E-state index >= 15 is 0 Å². The summed E-state index contributed by atoms with van der Waals surface area (Å²) in [4.78, 5) is 16.1. The predicted molar refractivity (Wildman–Crippen MR) is 100 cm³/mol. The molecule has 1 aromatic carbocycles. The van der Waals surface area contributed by atoms with Crippen molar-refractivity contribution in [1.29, 1.82) is 0 Å². The van der Waals surface area contributed by atoms with Crippen molar-refractivity contribution in [2.45, 2.75) is 25.4 Å². The van der Waals surface area contributed by atoms with E-state index in [0.717, 1.165) is 29.9 Å². The third kappa shape index (κ3) is 3.92. The first-order valence-electron chi connectivity index (χ1n) is 8.78. The van der Waals surface area contributed by atoms with Crippen molar-refractivity contribution >= 4 is 23.3 Å². The number of fused-ring (bicyclic) bond motifs is 1. The molecule has 3 heterocycles. The molecule has 1 saturated heterocycles. The van der Waals surface area contributed by atoms with Gasteiger partial charge in [-0.05, 0) is 48.1 Å². The maximum absolute atomic E-state index is 12.9. The summed E-state index contributed by atoms with van der Waals surface area (Å²) in [6.07, 6.45) is 5.26. The number of ether oxygens (including phenoxy) is 3. The average molecular weight is 371 g/mol. The minimum absolute atomic E-state index is 0.0305. The van der Waals surface area contributed by atoms with Crippen molar-refractivity contribution in [3.05, 3.63) is 52.2 Å². The number of hydrogen-bond donors (Lipinski definition) is 0. The monoisotopic (exact) mass is 371 g/mol. The third-order valence-corrected chi connectivity index (χ3v) is 5.50. The van der Waals surface area contributed by atoms with Gasteiger partial charge in [-0.15, -0.1) is 11.3 Å². The first-order valence-corrected chi connectivity index (χ1v) is 9.66. The van der Waals surface area contributed by atoms with Crippen LogP contribution in [-0.4, -0.2) is 36.9 Å². The van der Waals surface area contributed by atoms with E-state index in [1.165, 1.54) is 4.88 Å². The Kier molecular flexibility index (Phi) is 5.22. The summed E-state index contributed by atoms with van der Waals surface area (Å²) < 4.78 is 16.2. The summed E-state index contributed by atoms with van der Waals surface area (Å²) in [5, 5.41) is 2.05. The second-order valence-electron chi connectivity index (χ2n) is 6.34. The van der Waals surface area contributed by atoms with E-state index in [0.29, 0.717) is 19.8 Å². The molecule has 0 spiro atoms. The lowest BCUT2D eigenvalue weighted by Gasteiger charge is -2.33. The topological polar surface area (TPSA) is 48.0 Å². The van der Waals surface area contributed by atoms with Crippen molar-refractivity contribution < 1.29 is 19.0 Å². The van der Waals surface area contributed by atoms with Crippen molar-refractivity contribution in [3.63, 3.8) is 0 Å². The van der Waals surface area contributed by atoms with Crippen LogP contribution in [0.2, 0.25) is 0 Å².